The van der Waals surface area contributed by atoms with E-state index in [0.29, 0.717) is 11.4 Å². The predicted octanol–water partition coefficient (Wildman–Crippen LogP) is 3.40. The van der Waals surface area contributed by atoms with Crippen molar-refractivity contribution in [2.75, 3.05) is 18.0 Å². The van der Waals surface area contributed by atoms with Gasteiger partial charge in [0.2, 0.25) is 0 Å². The third kappa shape index (κ3) is 2.82. The van der Waals surface area contributed by atoms with Gasteiger partial charge in [-0.05, 0) is 67.5 Å². The van der Waals surface area contributed by atoms with Crippen LogP contribution in [0.4, 0.5) is 5.69 Å². The second-order valence-corrected chi connectivity index (χ2v) is 6.83. The van der Waals surface area contributed by atoms with E-state index in [1.54, 1.807) is 0 Å². The Morgan fingerprint density at radius 2 is 1.58 bits per heavy atom. The van der Waals surface area contributed by atoms with E-state index < -0.39 is 0 Å². The van der Waals surface area contributed by atoms with Gasteiger partial charge in [0.15, 0.2) is 11.4 Å². The molecule has 0 saturated heterocycles. The Bertz CT molecular complexity index is 960. The van der Waals surface area contributed by atoms with Gasteiger partial charge < -0.3 is 4.90 Å². The molecule has 5 nitrogen and oxygen atoms in total. The van der Waals surface area contributed by atoms with Crippen LogP contribution >= 0.6 is 0 Å². The lowest BCUT2D eigenvalue weighted by Crippen LogP contribution is -2.34. The first kappa shape index (κ1) is 16.3. The maximum Gasteiger partial charge on any atom is 0.177 e. The summed E-state index contributed by atoms with van der Waals surface area (Å²) in [7, 11) is 0. The van der Waals surface area contributed by atoms with Crippen molar-refractivity contribution in [3.05, 3.63) is 51.6 Å². The third-order valence-corrected chi connectivity index (χ3v) is 5.11. The Kier molecular flexibility index (Phi) is 4.14. The molecular weight excluding hydrogens is 322 g/mol. The first-order chi connectivity index (χ1) is 12.7. The van der Waals surface area contributed by atoms with E-state index in [-0.39, 0.29) is 11.4 Å². The van der Waals surface area contributed by atoms with Crippen LogP contribution in [0.5, 0.6) is 0 Å². The number of anilines is 1. The largest absolute Gasteiger partial charge is 0.371 e. The summed E-state index contributed by atoms with van der Waals surface area (Å²) in [6.07, 6.45) is 8.62. The summed E-state index contributed by atoms with van der Waals surface area (Å²) in [4.78, 5) is 11.0. The van der Waals surface area contributed by atoms with E-state index in [1.165, 1.54) is 42.7 Å². The second kappa shape index (κ2) is 6.61. The highest BCUT2D eigenvalue weighted by Gasteiger charge is 2.23. The van der Waals surface area contributed by atoms with Crippen LogP contribution in [0.3, 0.4) is 0 Å². The Balaban J connectivity index is 1.71. The molecule has 0 N–H and O–H groups in total. The zero-order valence-corrected chi connectivity index (χ0v) is 14.8. The van der Waals surface area contributed by atoms with Gasteiger partial charge >= 0.3 is 0 Å². The molecule has 1 aromatic heterocycles. The van der Waals surface area contributed by atoms with Crippen LogP contribution in [0.1, 0.15) is 52.3 Å². The van der Waals surface area contributed by atoms with Crippen LogP contribution in [-0.4, -0.2) is 23.1 Å². The van der Waals surface area contributed by atoms with Crippen LogP contribution < -0.4 is 4.90 Å². The SMILES string of the molecule is Cc1nc(C#N)c(C#N)nc1/C=C/c1cc2c3c(c1)CCCN3CCC2. The highest BCUT2D eigenvalue weighted by molar-refractivity contribution is 5.74. The summed E-state index contributed by atoms with van der Waals surface area (Å²) in [5, 5.41) is 18.2. The average Bonchev–Trinajstić information content (AvgIpc) is 2.67. The van der Waals surface area contributed by atoms with Crippen LogP contribution in [0.2, 0.25) is 0 Å². The normalized spacial score (nSPS) is 15.4. The van der Waals surface area contributed by atoms with Crippen LogP contribution in [0, 0.1) is 29.6 Å². The van der Waals surface area contributed by atoms with Crippen LogP contribution in [0.15, 0.2) is 12.1 Å². The lowest BCUT2D eigenvalue weighted by molar-refractivity contribution is 0.634. The first-order valence-corrected chi connectivity index (χ1v) is 8.97. The van der Waals surface area contributed by atoms with Gasteiger partial charge in [0.25, 0.3) is 0 Å². The van der Waals surface area contributed by atoms with Gasteiger partial charge in [0, 0.05) is 18.8 Å². The Morgan fingerprint density at radius 1 is 0.962 bits per heavy atom. The summed E-state index contributed by atoms with van der Waals surface area (Å²) < 4.78 is 0. The Morgan fingerprint density at radius 3 is 2.19 bits per heavy atom. The topological polar surface area (TPSA) is 76.6 Å². The van der Waals surface area contributed by atoms with Crippen molar-refractivity contribution in [3.63, 3.8) is 0 Å². The minimum atomic E-state index is 0.0777. The molecule has 4 rings (SSSR count). The molecular formula is C21H19N5. The molecule has 3 heterocycles. The smallest absolute Gasteiger partial charge is 0.177 e. The van der Waals surface area contributed by atoms with Crippen LogP contribution in [-0.2, 0) is 12.8 Å². The summed E-state index contributed by atoms with van der Waals surface area (Å²) in [6, 6.07) is 8.41. The van der Waals surface area contributed by atoms with E-state index in [4.69, 9.17) is 10.5 Å². The second-order valence-electron chi connectivity index (χ2n) is 6.83. The Labute approximate surface area is 153 Å². The molecule has 0 amide bonds. The van der Waals surface area contributed by atoms with Gasteiger partial charge in [-0.15, -0.1) is 0 Å². The van der Waals surface area contributed by atoms with E-state index in [2.05, 4.69) is 27.0 Å². The first-order valence-electron chi connectivity index (χ1n) is 8.97. The van der Waals surface area contributed by atoms with E-state index in [1.807, 2.05) is 31.2 Å². The number of benzene rings is 1. The van der Waals surface area contributed by atoms with Crippen molar-refractivity contribution in [2.45, 2.75) is 32.6 Å². The average molecular weight is 341 g/mol. The molecule has 0 spiro atoms. The molecule has 0 atom stereocenters. The predicted molar refractivity (Wildman–Crippen MR) is 100 cm³/mol. The summed E-state index contributed by atoms with van der Waals surface area (Å²) in [5.74, 6) is 0. The van der Waals surface area contributed by atoms with E-state index in [0.717, 1.165) is 18.4 Å². The minimum absolute atomic E-state index is 0.0777. The molecule has 0 aliphatic carbocycles. The fourth-order valence-corrected chi connectivity index (χ4v) is 3.95. The van der Waals surface area contributed by atoms with Gasteiger partial charge in [-0.1, -0.05) is 6.08 Å². The summed E-state index contributed by atoms with van der Waals surface area (Å²) in [6.45, 7) is 4.15. The number of hydrogen-bond acceptors (Lipinski definition) is 5. The molecule has 0 fully saturated rings. The van der Waals surface area contributed by atoms with Crippen molar-refractivity contribution in [1.82, 2.24) is 9.97 Å². The van der Waals surface area contributed by atoms with Crippen molar-refractivity contribution >= 4 is 17.8 Å². The number of aromatic nitrogens is 2. The van der Waals surface area contributed by atoms with Crippen molar-refractivity contribution < 1.29 is 0 Å². The number of nitrogens with zero attached hydrogens (tertiary/aromatic N) is 5. The fraction of sp³-hybridized carbons (Fsp3) is 0.333. The van der Waals surface area contributed by atoms with Gasteiger partial charge in [-0.3, -0.25) is 0 Å². The molecule has 0 radical (unpaired) electrons. The minimum Gasteiger partial charge on any atom is -0.371 e. The highest BCUT2D eigenvalue weighted by atomic mass is 15.1. The quantitative estimate of drug-likeness (QED) is 0.837. The highest BCUT2D eigenvalue weighted by Crippen LogP contribution is 2.36. The third-order valence-electron chi connectivity index (χ3n) is 5.11. The lowest BCUT2D eigenvalue weighted by atomic mass is 9.90. The Hall–Kier alpha value is -3.18. The standard InChI is InChI=1S/C21H19N5/c1-14-18(25-20(13-23)19(12-22)24-14)7-6-15-10-16-4-2-8-26-9-3-5-17(11-15)21(16)26/h6-7,10-11H,2-5,8-9H2,1H3/b7-6+. The fourth-order valence-electron chi connectivity index (χ4n) is 3.95. The van der Waals surface area contributed by atoms with E-state index >= 15 is 0 Å². The van der Waals surface area contributed by atoms with Crippen LogP contribution in [0.25, 0.3) is 12.2 Å². The lowest BCUT2D eigenvalue weighted by Gasteiger charge is -2.37. The molecule has 0 bridgehead atoms. The number of aryl methyl sites for hydroxylation is 3. The van der Waals surface area contributed by atoms with E-state index in [9.17, 15) is 0 Å². The maximum absolute atomic E-state index is 9.15. The van der Waals surface area contributed by atoms with Gasteiger partial charge in [0.1, 0.15) is 12.1 Å². The van der Waals surface area contributed by atoms with Gasteiger partial charge in [-0.2, -0.15) is 10.5 Å². The number of nitriles is 2. The van der Waals surface area contributed by atoms with Crippen molar-refractivity contribution in [3.8, 4) is 12.1 Å². The summed E-state index contributed by atoms with van der Waals surface area (Å²) in [5.41, 5.74) is 6.94. The van der Waals surface area contributed by atoms with Crippen molar-refractivity contribution in [2.24, 2.45) is 0 Å². The van der Waals surface area contributed by atoms with Gasteiger partial charge in [0.05, 0.1) is 11.4 Å². The molecule has 5 heteroatoms. The molecule has 26 heavy (non-hydrogen) atoms. The zero-order valence-electron chi connectivity index (χ0n) is 14.8. The monoisotopic (exact) mass is 341 g/mol. The van der Waals surface area contributed by atoms with Gasteiger partial charge in [-0.25, -0.2) is 9.97 Å². The molecule has 2 aliphatic heterocycles. The molecule has 2 aliphatic rings. The number of rotatable bonds is 2. The zero-order chi connectivity index (χ0) is 18.1. The van der Waals surface area contributed by atoms with Crippen molar-refractivity contribution in [1.29, 1.82) is 10.5 Å². The molecule has 1 aromatic carbocycles. The summed E-state index contributed by atoms with van der Waals surface area (Å²) >= 11 is 0. The molecule has 128 valence electrons. The molecule has 0 unspecified atom stereocenters. The number of hydrogen-bond donors (Lipinski definition) is 0. The maximum atomic E-state index is 9.15. The molecule has 0 saturated carbocycles. The molecule has 2 aromatic rings.